The average molecular weight is 787 g/mol. The minimum atomic E-state index is -4.36. The highest BCUT2D eigenvalue weighted by Crippen LogP contribution is 2.48. The molecule has 3 N–H and O–H groups in total. The van der Waals surface area contributed by atoms with Crippen LogP contribution in [0.25, 0.3) is 11.1 Å². The highest BCUT2D eigenvalue weighted by atomic mass is 32.2. The van der Waals surface area contributed by atoms with Gasteiger partial charge in [0, 0.05) is 30.6 Å². The summed E-state index contributed by atoms with van der Waals surface area (Å²) in [5.74, 6) is -4.62. The zero-order valence-electron chi connectivity index (χ0n) is 31.7. The highest BCUT2D eigenvalue weighted by Gasteiger charge is 2.66. The van der Waals surface area contributed by atoms with E-state index in [1.807, 2.05) is 53.3 Å². The molecule has 17 heteroatoms. The van der Waals surface area contributed by atoms with E-state index < -0.39 is 87.5 Å². The minimum Gasteiger partial charge on any atom is -0.444 e. The Bertz CT molecular complexity index is 1940. The second kappa shape index (κ2) is 14.8. The largest absolute Gasteiger partial charge is 0.444 e. The molecule has 55 heavy (non-hydrogen) atoms. The van der Waals surface area contributed by atoms with E-state index in [0.29, 0.717) is 18.6 Å². The van der Waals surface area contributed by atoms with Crippen molar-refractivity contribution in [2.75, 3.05) is 19.6 Å². The number of amides is 4. The van der Waals surface area contributed by atoms with Gasteiger partial charge in [0.25, 0.3) is 5.91 Å². The first-order chi connectivity index (χ1) is 25.7. The molecule has 298 valence electrons. The molecule has 2 aliphatic heterocycles. The van der Waals surface area contributed by atoms with Crippen LogP contribution < -0.4 is 15.4 Å². The van der Waals surface area contributed by atoms with Crippen LogP contribution in [-0.4, -0.2) is 103 Å². The van der Waals surface area contributed by atoms with Crippen LogP contribution in [0.4, 0.5) is 13.6 Å². The molecule has 0 spiro atoms. The van der Waals surface area contributed by atoms with Crippen molar-refractivity contribution in [1.82, 2.24) is 24.6 Å². The Morgan fingerprint density at radius 2 is 1.47 bits per heavy atom. The van der Waals surface area contributed by atoms with Gasteiger partial charge in [-0.1, -0.05) is 74.5 Å². The lowest BCUT2D eigenvalue weighted by Crippen LogP contribution is -2.60. The molecule has 5 atom stereocenters. The van der Waals surface area contributed by atoms with Gasteiger partial charge in [-0.25, -0.2) is 18.3 Å². The van der Waals surface area contributed by atoms with Crippen LogP contribution in [0.15, 0.2) is 53.7 Å². The molecule has 6 rings (SSSR count). The minimum absolute atomic E-state index is 0.161. The van der Waals surface area contributed by atoms with Gasteiger partial charge in [0.05, 0.1) is 12.5 Å². The van der Waals surface area contributed by atoms with E-state index in [0.717, 1.165) is 26.6 Å². The molecule has 2 saturated heterocycles. The Morgan fingerprint density at radius 1 is 0.909 bits per heavy atom. The van der Waals surface area contributed by atoms with E-state index in [4.69, 9.17) is 9.57 Å². The summed E-state index contributed by atoms with van der Waals surface area (Å²) >= 11 is 0. The smallest absolute Gasteiger partial charge is 0.408 e. The lowest BCUT2D eigenvalue weighted by atomic mass is 9.85. The summed E-state index contributed by atoms with van der Waals surface area (Å²) in [7, 11) is -4.36. The summed E-state index contributed by atoms with van der Waals surface area (Å²) in [6.07, 6.45) is -4.34. The zero-order valence-corrected chi connectivity index (χ0v) is 32.5. The Balaban J connectivity index is 1.30. The maximum atomic E-state index is 14.5. The number of hydrogen-bond donors (Lipinski definition) is 3. The third-order valence-electron chi connectivity index (χ3n) is 10.3. The standard InChI is InChI=1S/C38H48F2N6O8S/c1-36(2,3)30(41-35(50)53-37(4,5)6)33(48)46-21-22(54-43-29-25-15-9-7-13-23(25)24-14-8-10-16-26(24)29)19-28(46)32(47)42-38(20-27(38)31(39)40)34(49)44-55(51,52)45-17-11-12-18-45/h7-10,13-16,22,27-28,30-31H,11-12,17-21H2,1-6H3,(H,41,50)(H,42,47)(H,44,49)/t22-,27+,28+,30-,38+/m1/s1. The van der Waals surface area contributed by atoms with Crippen molar-refractivity contribution in [3.8, 4) is 11.1 Å². The number of halogens is 2. The Kier molecular flexibility index (Phi) is 10.8. The van der Waals surface area contributed by atoms with Gasteiger partial charge in [0.15, 0.2) is 0 Å². The molecule has 0 radical (unpaired) electrons. The molecule has 0 unspecified atom stereocenters. The van der Waals surface area contributed by atoms with Gasteiger partial charge in [0.2, 0.25) is 18.2 Å². The van der Waals surface area contributed by atoms with Crippen molar-refractivity contribution in [1.29, 1.82) is 0 Å². The second-order valence-electron chi connectivity index (χ2n) is 16.6. The van der Waals surface area contributed by atoms with Gasteiger partial charge in [0.1, 0.15) is 35.0 Å². The van der Waals surface area contributed by atoms with E-state index in [1.54, 1.807) is 41.5 Å². The fraction of sp³-hybridized carbons (Fsp3) is 0.553. The number of alkyl carbamates (subject to hydrolysis) is 1. The summed E-state index contributed by atoms with van der Waals surface area (Å²) in [6.45, 7) is 10.3. The first-order valence-electron chi connectivity index (χ1n) is 18.4. The van der Waals surface area contributed by atoms with Gasteiger partial charge in [-0.05, 0) is 56.6 Å². The molecule has 1 saturated carbocycles. The molecule has 4 aliphatic rings. The summed E-state index contributed by atoms with van der Waals surface area (Å²) < 4.78 is 62.7. The van der Waals surface area contributed by atoms with Crippen LogP contribution in [-0.2, 0) is 34.2 Å². The van der Waals surface area contributed by atoms with Crippen molar-refractivity contribution in [3.63, 3.8) is 0 Å². The first kappa shape index (κ1) is 40.0. The van der Waals surface area contributed by atoms with E-state index >= 15 is 0 Å². The molecule has 2 aromatic carbocycles. The topological polar surface area (TPSA) is 176 Å². The van der Waals surface area contributed by atoms with Crippen LogP contribution in [0.3, 0.4) is 0 Å². The molecule has 3 fully saturated rings. The van der Waals surface area contributed by atoms with Crippen LogP contribution in [0.5, 0.6) is 0 Å². The quantitative estimate of drug-likeness (QED) is 0.259. The van der Waals surface area contributed by atoms with Crippen LogP contribution in [0.2, 0.25) is 0 Å². The number of carbonyl (C=O) groups excluding carboxylic acids is 4. The lowest BCUT2D eigenvalue weighted by molar-refractivity contribution is -0.143. The number of carbonyl (C=O) groups is 4. The normalized spacial score (nSPS) is 24.1. The summed E-state index contributed by atoms with van der Waals surface area (Å²) in [4.78, 5) is 62.4. The maximum absolute atomic E-state index is 14.5. The van der Waals surface area contributed by atoms with Crippen molar-refractivity contribution in [2.45, 2.75) is 103 Å². The summed E-state index contributed by atoms with van der Waals surface area (Å²) in [5.41, 5.74) is 0.0532. The summed E-state index contributed by atoms with van der Waals surface area (Å²) in [6, 6.07) is 12.7. The van der Waals surface area contributed by atoms with Crippen molar-refractivity contribution < 1.29 is 46.0 Å². The molecule has 2 heterocycles. The number of likely N-dealkylation sites (tertiary alicyclic amines) is 1. The predicted molar refractivity (Wildman–Crippen MR) is 198 cm³/mol. The Hall–Kier alpha value is -4.64. The van der Waals surface area contributed by atoms with Crippen molar-refractivity contribution in [3.05, 3.63) is 59.7 Å². The molecular weight excluding hydrogens is 739 g/mol. The number of benzene rings is 2. The van der Waals surface area contributed by atoms with E-state index in [9.17, 15) is 36.4 Å². The molecule has 14 nitrogen and oxygen atoms in total. The number of rotatable bonds is 10. The number of ether oxygens (including phenoxy) is 1. The first-order valence-corrected chi connectivity index (χ1v) is 19.8. The maximum Gasteiger partial charge on any atom is 0.408 e. The number of alkyl halides is 2. The van der Waals surface area contributed by atoms with Gasteiger partial charge < -0.3 is 25.1 Å². The second-order valence-corrected chi connectivity index (χ2v) is 18.3. The highest BCUT2D eigenvalue weighted by molar-refractivity contribution is 7.87. The van der Waals surface area contributed by atoms with Crippen molar-refractivity contribution in [2.24, 2.45) is 16.5 Å². The number of nitrogens with one attached hydrogen (secondary N) is 3. The zero-order chi connectivity index (χ0) is 40.1. The van der Waals surface area contributed by atoms with Crippen LogP contribution in [0, 0.1) is 11.3 Å². The molecule has 2 aliphatic carbocycles. The fourth-order valence-corrected chi connectivity index (χ4v) is 8.67. The molecule has 4 amide bonds. The third-order valence-corrected chi connectivity index (χ3v) is 11.8. The number of nitrogens with zero attached hydrogens (tertiary/aromatic N) is 3. The third kappa shape index (κ3) is 8.32. The number of fused-ring (bicyclic) bond motifs is 3. The number of oxime groups is 1. The van der Waals surface area contributed by atoms with E-state index in [-0.39, 0.29) is 26.1 Å². The number of hydrogen-bond acceptors (Lipinski definition) is 9. The fourth-order valence-electron chi connectivity index (χ4n) is 7.38. The van der Waals surface area contributed by atoms with Gasteiger partial charge >= 0.3 is 16.3 Å². The lowest BCUT2D eigenvalue weighted by Gasteiger charge is -2.36. The Morgan fingerprint density at radius 3 is 1.98 bits per heavy atom. The van der Waals surface area contributed by atoms with Gasteiger partial charge in [-0.15, -0.1) is 0 Å². The molecule has 0 aromatic heterocycles. The molecule has 2 aromatic rings. The van der Waals surface area contributed by atoms with Crippen molar-refractivity contribution >= 4 is 39.7 Å². The summed E-state index contributed by atoms with van der Waals surface area (Å²) in [5, 5.41) is 9.56. The van der Waals surface area contributed by atoms with Gasteiger partial charge in [-0.3, -0.25) is 14.4 Å². The van der Waals surface area contributed by atoms with Gasteiger partial charge in [-0.2, -0.15) is 12.7 Å². The van der Waals surface area contributed by atoms with E-state index in [2.05, 4.69) is 15.8 Å². The average Bonchev–Trinajstić information content (AvgIpc) is 3.44. The molecular formula is C38H48F2N6O8S. The monoisotopic (exact) mass is 786 g/mol. The predicted octanol–water partition coefficient (Wildman–Crippen LogP) is 3.94. The van der Waals surface area contributed by atoms with E-state index in [1.165, 1.54) is 4.90 Å². The van der Waals surface area contributed by atoms with Crippen LogP contribution in [0.1, 0.15) is 78.4 Å². The van der Waals surface area contributed by atoms with Crippen LogP contribution >= 0.6 is 0 Å². The SMILES string of the molecule is CC(C)(C)OC(=O)N[C@H](C(=O)N1C[C@H](ON=C2c3ccccc3-c3ccccc32)C[C@H]1C(=O)N[C@@]1(C(=O)NS(=O)(=O)N2CCCC2)C[C@H]1C(F)F)C(C)(C)C. The molecule has 0 bridgehead atoms. The Labute approximate surface area is 319 Å².